The van der Waals surface area contributed by atoms with Gasteiger partial charge in [0.2, 0.25) is 5.76 Å². The number of carboxylic acid groups (broad SMARTS) is 1. The van der Waals surface area contributed by atoms with Crippen molar-refractivity contribution in [2.24, 2.45) is 0 Å². The van der Waals surface area contributed by atoms with E-state index in [-0.39, 0.29) is 12.4 Å². The highest BCUT2D eigenvalue weighted by molar-refractivity contribution is 7.98. The predicted octanol–water partition coefficient (Wildman–Crippen LogP) is 3.54. The summed E-state index contributed by atoms with van der Waals surface area (Å²) in [6.07, 6.45) is 0. The zero-order valence-corrected chi connectivity index (χ0v) is 13.6. The molecule has 8 heteroatoms. The summed E-state index contributed by atoms with van der Waals surface area (Å²) in [6.45, 7) is 2.18. The lowest BCUT2D eigenvalue weighted by atomic mass is 10.2. The number of thioether (sulfide) groups is 1. The van der Waals surface area contributed by atoms with Crippen LogP contribution in [0.25, 0.3) is 0 Å². The van der Waals surface area contributed by atoms with Gasteiger partial charge in [0.15, 0.2) is 6.61 Å². The molecular formula is C16H14N2O5S. The number of carboxylic acids is 1. The van der Waals surface area contributed by atoms with Crippen LogP contribution in [0.4, 0.5) is 0 Å². The third-order valence-electron chi connectivity index (χ3n) is 3.04. The van der Waals surface area contributed by atoms with E-state index in [4.69, 9.17) is 18.7 Å². The van der Waals surface area contributed by atoms with Gasteiger partial charge in [0.1, 0.15) is 11.5 Å². The van der Waals surface area contributed by atoms with Crippen LogP contribution >= 0.6 is 11.8 Å². The molecule has 0 unspecified atom stereocenters. The molecule has 3 aromatic rings. The van der Waals surface area contributed by atoms with Crippen molar-refractivity contribution >= 4 is 17.7 Å². The van der Waals surface area contributed by atoms with Crippen LogP contribution in [0.15, 0.2) is 50.5 Å². The van der Waals surface area contributed by atoms with Gasteiger partial charge in [-0.25, -0.2) is 4.79 Å². The molecule has 0 saturated heterocycles. The minimum atomic E-state index is -1.10. The Morgan fingerprint density at radius 1 is 1.17 bits per heavy atom. The van der Waals surface area contributed by atoms with Crippen LogP contribution in [-0.4, -0.2) is 21.3 Å². The molecule has 3 rings (SSSR count). The molecule has 0 amide bonds. The smallest absolute Gasteiger partial charge is 0.371 e. The van der Waals surface area contributed by atoms with Crippen molar-refractivity contribution in [1.29, 1.82) is 0 Å². The molecule has 2 aromatic heterocycles. The van der Waals surface area contributed by atoms with E-state index in [0.29, 0.717) is 22.6 Å². The summed E-state index contributed by atoms with van der Waals surface area (Å²) in [7, 11) is 0. The van der Waals surface area contributed by atoms with E-state index in [2.05, 4.69) is 10.2 Å². The Hall–Kier alpha value is -2.74. The van der Waals surface area contributed by atoms with Gasteiger partial charge < -0.3 is 18.7 Å². The van der Waals surface area contributed by atoms with Crippen LogP contribution in [0.3, 0.4) is 0 Å². The van der Waals surface area contributed by atoms with Crippen molar-refractivity contribution in [1.82, 2.24) is 10.2 Å². The molecule has 0 fully saturated rings. The molecule has 0 aliphatic carbocycles. The number of aromatic carboxylic acids is 1. The van der Waals surface area contributed by atoms with E-state index in [1.807, 2.05) is 31.2 Å². The molecule has 1 N–H and O–H groups in total. The highest BCUT2D eigenvalue weighted by atomic mass is 32.2. The van der Waals surface area contributed by atoms with E-state index in [1.54, 1.807) is 6.07 Å². The van der Waals surface area contributed by atoms with Crippen LogP contribution in [0.1, 0.15) is 27.8 Å². The highest BCUT2D eigenvalue weighted by Crippen LogP contribution is 2.23. The summed E-state index contributed by atoms with van der Waals surface area (Å²) in [5.41, 5.74) is 1.16. The topological polar surface area (TPSA) is 98.6 Å². The van der Waals surface area contributed by atoms with E-state index < -0.39 is 5.97 Å². The normalized spacial score (nSPS) is 10.7. The molecule has 0 spiro atoms. The lowest BCUT2D eigenvalue weighted by Gasteiger charge is -2.02. The Kier molecular flexibility index (Phi) is 4.85. The molecule has 124 valence electrons. The molecular weight excluding hydrogens is 332 g/mol. The molecule has 1 aromatic carbocycles. The lowest BCUT2D eigenvalue weighted by Crippen LogP contribution is -1.95. The number of benzene rings is 1. The van der Waals surface area contributed by atoms with E-state index >= 15 is 0 Å². The van der Waals surface area contributed by atoms with Crippen molar-refractivity contribution in [2.75, 3.05) is 0 Å². The number of aryl methyl sites for hydroxylation is 1. The standard InChI is InChI=1S/C16H14N2O5S/c1-10-2-4-11(5-3-10)21-8-14-17-18-16(23-14)24-9-12-6-7-13(22-12)15(19)20/h2-7H,8-9H2,1H3,(H,19,20). The van der Waals surface area contributed by atoms with Crippen LogP contribution < -0.4 is 4.74 Å². The maximum absolute atomic E-state index is 10.7. The van der Waals surface area contributed by atoms with Crippen LogP contribution in [0.2, 0.25) is 0 Å². The van der Waals surface area contributed by atoms with Gasteiger partial charge >= 0.3 is 5.97 Å². The third kappa shape index (κ3) is 4.17. The summed E-state index contributed by atoms with van der Waals surface area (Å²) in [6, 6.07) is 10.7. The second-order valence-corrected chi connectivity index (χ2v) is 5.85. The first kappa shape index (κ1) is 16.1. The van der Waals surface area contributed by atoms with E-state index in [0.717, 1.165) is 11.3 Å². The molecule has 24 heavy (non-hydrogen) atoms. The van der Waals surface area contributed by atoms with Gasteiger partial charge in [0.05, 0.1) is 5.75 Å². The van der Waals surface area contributed by atoms with Crippen molar-refractivity contribution in [3.05, 3.63) is 59.4 Å². The first-order valence-electron chi connectivity index (χ1n) is 7.07. The number of rotatable bonds is 7. The maximum Gasteiger partial charge on any atom is 0.371 e. The summed E-state index contributed by atoms with van der Waals surface area (Å²) in [4.78, 5) is 10.7. The molecule has 0 bridgehead atoms. The molecule has 2 heterocycles. The van der Waals surface area contributed by atoms with Gasteiger partial charge in [-0.3, -0.25) is 0 Å². The van der Waals surface area contributed by atoms with Crippen molar-refractivity contribution in [2.45, 2.75) is 24.5 Å². The molecule has 0 saturated carbocycles. The third-order valence-corrected chi connectivity index (χ3v) is 3.88. The summed E-state index contributed by atoms with van der Waals surface area (Å²) in [5.74, 6) is 0.817. The van der Waals surface area contributed by atoms with Gasteiger partial charge in [-0.15, -0.1) is 10.2 Å². The number of nitrogens with zero attached hydrogens (tertiary/aromatic N) is 2. The largest absolute Gasteiger partial charge is 0.484 e. The van der Waals surface area contributed by atoms with E-state index in [9.17, 15) is 4.79 Å². The van der Waals surface area contributed by atoms with Gasteiger partial charge in [0, 0.05) is 0 Å². The van der Waals surface area contributed by atoms with Gasteiger partial charge in [-0.1, -0.05) is 29.5 Å². The Balaban J connectivity index is 1.51. The number of hydrogen-bond donors (Lipinski definition) is 1. The van der Waals surface area contributed by atoms with Crippen LogP contribution in [0, 0.1) is 6.92 Å². The summed E-state index contributed by atoms with van der Waals surface area (Å²) < 4.78 is 16.2. The second-order valence-electron chi connectivity index (χ2n) is 4.92. The van der Waals surface area contributed by atoms with Crippen molar-refractivity contribution in [3.63, 3.8) is 0 Å². The number of carbonyl (C=O) groups is 1. The minimum absolute atomic E-state index is 0.0942. The van der Waals surface area contributed by atoms with Gasteiger partial charge in [-0.2, -0.15) is 0 Å². The molecule has 0 aliphatic rings. The SMILES string of the molecule is Cc1ccc(OCc2nnc(SCc3ccc(C(=O)O)o3)o2)cc1. The Morgan fingerprint density at radius 3 is 2.67 bits per heavy atom. The molecule has 7 nitrogen and oxygen atoms in total. The van der Waals surface area contributed by atoms with Crippen LogP contribution in [-0.2, 0) is 12.4 Å². The summed E-state index contributed by atoms with van der Waals surface area (Å²) in [5, 5.41) is 17.0. The quantitative estimate of drug-likeness (QED) is 0.649. The Bertz CT molecular complexity index is 825. The minimum Gasteiger partial charge on any atom is -0.484 e. The first-order chi connectivity index (χ1) is 11.6. The van der Waals surface area contributed by atoms with Crippen LogP contribution in [0.5, 0.6) is 5.75 Å². The average Bonchev–Trinajstić information content (AvgIpc) is 3.22. The fourth-order valence-corrected chi connectivity index (χ4v) is 2.51. The first-order valence-corrected chi connectivity index (χ1v) is 8.05. The Labute approximate surface area is 141 Å². The zero-order chi connectivity index (χ0) is 16.9. The fraction of sp³-hybridized carbons (Fsp3) is 0.188. The fourth-order valence-electron chi connectivity index (χ4n) is 1.84. The number of furan rings is 1. The Morgan fingerprint density at radius 2 is 1.96 bits per heavy atom. The maximum atomic E-state index is 10.7. The van der Waals surface area contributed by atoms with Gasteiger partial charge in [-0.05, 0) is 31.2 Å². The van der Waals surface area contributed by atoms with E-state index in [1.165, 1.54) is 17.8 Å². The van der Waals surface area contributed by atoms with Gasteiger partial charge in [0.25, 0.3) is 11.1 Å². The molecule has 0 aliphatic heterocycles. The average molecular weight is 346 g/mol. The monoisotopic (exact) mass is 346 g/mol. The molecule has 0 atom stereocenters. The lowest BCUT2D eigenvalue weighted by molar-refractivity contribution is 0.0661. The predicted molar refractivity (Wildman–Crippen MR) is 85.0 cm³/mol. The summed E-state index contributed by atoms with van der Waals surface area (Å²) >= 11 is 1.26. The zero-order valence-electron chi connectivity index (χ0n) is 12.8. The number of ether oxygens (including phenoxy) is 1. The number of hydrogen-bond acceptors (Lipinski definition) is 7. The highest BCUT2D eigenvalue weighted by Gasteiger charge is 2.12. The molecule has 0 radical (unpaired) electrons. The van der Waals surface area contributed by atoms with Crippen molar-refractivity contribution < 1.29 is 23.5 Å². The second kappa shape index (κ2) is 7.22. The number of aromatic nitrogens is 2. The van der Waals surface area contributed by atoms with Crippen molar-refractivity contribution in [3.8, 4) is 5.75 Å².